The first kappa shape index (κ1) is 58.4. The van der Waals surface area contributed by atoms with Crippen molar-refractivity contribution in [3.8, 4) is 0 Å². The average molecular weight is 968 g/mol. The van der Waals surface area contributed by atoms with Gasteiger partial charge in [-0.25, -0.2) is 5.01 Å². The van der Waals surface area contributed by atoms with E-state index < -0.39 is 170 Å². The molecule has 0 unspecified atom stereocenters. The number of halogens is 3. The minimum atomic E-state index is -5.31. The van der Waals surface area contributed by atoms with Crippen LogP contribution in [0.15, 0.2) is 0 Å². The van der Waals surface area contributed by atoms with E-state index in [1.54, 1.807) is 0 Å². The monoisotopic (exact) mass is 967 g/mol. The lowest BCUT2D eigenvalue weighted by atomic mass is 9.98. The number of carboxylic acids is 3. The molecule has 1 rings (SSSR count). The van der Waals surface area contributed by atoms with Crippen molar-refractivity contribution in [2.24, 2.45) is 11.8 Å². The van der Waals surface area contributed by atoms with Crippen LogP contribution < -0.4 is 37.3 Å². The van der Waals surface area contributed by atoms with Crippen molar-refractivity contribution in [3.05, 3.63) is 0 Å². The highest BCUT2D eigenvalue weighted by molar-refractivity contribution is 5.99. The summed E-state index contributed by atoms with van der Waals surface area (Å²) in [6.07, 6.45) is -10.5. The van der Waals surface area contributed by atoms with Gasteiger partial charge in [-0.05, 0) is 44.4 Å². The van der Waals surface area contributed by atoms with Crippen molar-refractivity contribution in [3.63, 3.8) is 0 Å². The van der Waals surface area contributed by atoms with Crippen LogP contribution in [0.2, 0.25) is 0 Å². The fourth-order valence-corrected chi connectivity index (χ4v) is 6.56. The molecule has 67 heavy (non-hydrogen) atoms. The van der Waals surface area contributed by atoms with Gasteiger partial charge in [0.05, 0.1) is 18.9 Å². The van der Waals surface area contributed by atoms with Gasteiger partial charge in [0.1, 0.15) is 42.3 Å². The van der Waals surface area contributed by atoms with Crippen molar-refractivity contribution in [2.75, 3.05) is 13.1 Å². The lowest BCUT2D eigenvalue weighted by Crippen LogP contribution is -2.62. The van der Waals surface area contributed by atoms with Crippen LogP contribution in [0, 0.1) is 11.8 Å². The first-order chi connectivity index (χ1) is 30.9. The molecular weight excluding hydrogens is 907 g/mol. The zero-order chi connectivity index (χ0) is 51.7. The van der Waals surface area contributed by atoms with Gasteiger partial charge in [0.15, 0.2) is 0 Å². The van der Waals surface area contributed by atoms with E-state index in [-0.39, 0.29) is 30.8 Å². The third-order valence-corrected chi connectivity index (χ3v) is 9.92. The van der Waals surface area contributed by atoms with Crippen LogP contribution in [-0.2, 0) is 57.5 Å². The first-order valence-electron chi connectivity index (χ1n) is 21.0. The Morgan fingerprint density at radius 3 is 1.57 bits per heavy atom. The molecule has 28 heteroatoms. The van der Waals surface area contributed by atoms with Gasteiger partial charge >= 0.3 is 30.0 Å². The molecule has 11 N–H and O–H groups in total. The number of aliphatic hydroxyl groups excluding tert-OH is 1. The quantitative estimate of drug-likeness (QED) is 0.0413. The van der Waals surface area contributed by atoms with Crippen LogP contribution in [0.4, 0.5) is 13.2 Å². The molecule has 0 aliphatic carbocycles. The van der Waals surface area contributed by atoms with Gasteiger partial charge in [0, 0.05) is 26.4 Å². The van der Waals surface area contributed by atoms with E-state index in [0.717, 1.165) is 18.7 Å². The number of likely N-dealkylation sites (tertiary alicyclic amines) is 1. The summed E-state index contributed by atoms with van der Waals surface area (Å²) < 4.78 is 39.6. The molecule has 0 aromatic carbocycles. The summed E-state index contributed by atoms with van der Waals surface area (Å²) in [7, 11) is 0. The Morgan fingerprint density at radius 1 is 0.657 bits per heavy atom. The molecule has 0 aromatic heterocycles. The highest BCUT2D eigenvalue weighted by Crippen LogP contribution is 2.22. The number of hydrazine groups is 1. The molecule has 9 amide bonds. The fourth-order valence-electron chi connectivity index (χ4n) is 6.56. The molecule has 1 heterocycles. The number of alkyl halides is 3. The predicted molar refractivity (Wildman–Crippen MR) is 221 cm³/mol. The van der Waals surface area contributed by atoms with Crippen LogP contribution in [-0.4, -0.2) is 169 Å². The van der Waals surface area contributed by atoms with Crippen molar-refractivity contribution < 1.29 is 91.1 Å². The zero-order valence-electron chi connectivity index (χ0n) is 37.9. The predicted octanol–water partition coefficient (Wildman–Crippen LogP) is -2.75. The van der Waals surface area contributed by atoms with E-state index in [2.05, 4.69) is 26.6 Å². The van der Waals surface area contributed by atoms with E-state index in [9.17, 15) is 86.0 Å². The number of rotatable bonds is 25. The van der Waals surface area contributed by atoms with Crippen molar-refractivity contribution >= 4 is 71.1 Å². The summed E-state index contributed by atoms with van der Waals surface area (Å²) in [5.41, 5.74) is 1.93. The second kappa shape index (κ2) is 26.5. The maximum atomic E-state index is 13.9. The summed E-state index contributed by atoms with van der Waals surface area (Å²) in [5.74, 6) is -17.5. The van der Waals surface area contributed by atoms with E-state index >= 15 is 0 Å². The molecule has 0 radical (unpaired) electrons. The number of amides is 9. The number of hydrogen-bond acceptors (Lipinski definition) is 13. The van der Waals surface area contributed by atoms with Gasteiger partial charge in [0.25, 0.3) is 5.91 Å². The van der Waals surface area contributed by atoms with E-state index in [1.165, 1.54) is 34.6 Å². The zero-order valence-corrected chi connectivity index (χ0v) is 37.9. The van der Waals surface area contributed by atoms with Gasteiger partial charge in [-0.2, -0.15) is 13.2 Å². The Labute approximate surface area is 382 Å². The van der Waals surface area contributed by atoms with Crippen LogP contribution in [0.1, 0.15) is 93.4 Å². The number of aliphatic carboxylic acids is 3. The minimum absolute atomic E-state index is 0.00856. The van der Waals surface area contributed by atoms with Crippen LogP contribution in [0.3, 0.4) is 0 Å². The van der Waals surface area contributed by atoms with E-state index in [1.807, 2.05) is 10.7 Å². The van der Waals surface area contributed by atoms with Crippen molar-refractivity contribution in [1.29, 1.82) is 0 Å². The maximum Gasteiger partial charge on any atom is 0.473 e. The number of carbonyl (C=O) groups excluding carboxylic acids is 9. The number of nitrogens with one attached hydrogen (secondary N) is 7. The molecule has 0 aromatic rings. The molecule has 25 nitrogen and oxygen atoms in total. The number of carbonyl (C=O) groups is 12. The molecule has 1 aliphatic heterocycles. The van der Waals surface area contributed by atoms with Crippen molar-refractivity contribution in [2.45, 2.75) is 148 Å². The summed E-state index contributed by atoms with van der Waals surface area (Å²) >= 11 is 0. The topological polar surface area (TPSA) is 376 Å². The molecule has 1 saturated heterocycles. The molecule has 1 aliphatic rings. The van der Waals surface area contributed by atoms with Gasteiger partial charge in [-0.1, -0.05) is 34.6 Å². The molecule has 1 fully saturated rings. The Balaban J connectivity index is 3.37. The smallest absolute Gasteiger partial charge is 0.473 e. The molecule has 0 bridgehead atoms. The standard InChI is InChI=1S/C39H60F3N9O16/c1-8-13-51(38(67)39(40,41)42)49-34(63)24-10-9-14-50(24)37(66)29(18(4)5)47-35(64)28(17(2)3)46-33(62)23(16-27(58)59)45-31(60)21(11-12-25(54)55)44-36(65)30(19(6)52)48-32(61)22(15-26(56)57)43-20(7)53/h17-19,21-24,28-30,52H,8-16H2,1-7H3,(H,43,53)(H,44,65)(H,45,60)(H,46,62)(H,47,64)(H,48,61)(H,49,63)(H,54,55)(H,56,57)(H,58,59)/t19-,21+,22+,23+,24-,28+,29+,30+/m1/s1. The molecule has 0 saturated carbocycles. The highest BCUT2D eigenvalue weighted by Gasteiger charge is 2.45. The van der Waals surface area contributed by atoms with E-state index in [0.29, 0.717) is 0 Å². The summed E-state index contributed by atoms with van der Waals surface area (Å²) in [5, 5.41) is 51.6. The second-order valence-electron chi connectivity index (χ2n) is 16.3. The normalized spacial score (nSPS) is 16.7. The summed E-state index contributed by atoms with van der Waals surface area (Å²) in [6.45, 7) is 8.80. The van der Waals surface area contributed by atoms with Crippen molar-refractivity contribution in [1.82, 2.24) is 47.2 Å². The van der Waals surface area contributed by atoms with Gasteiger partial charge in [0.2, 0.25) is 41.4 Å². The second-order valence-corrected chi connectivity index (χ2v) is 16.3. The SMILES string of the molecule is CCCN(NC(=O)[C@H]1CCCN1C(=O)[C@@H](NC(=O)[C@@H](NC(=O)[C@H](CC(=O)O)NC(=O)[C@H](CCC(=O)O)NC(=O)[C@@H](NC(=O)[C@H](CC(=O)O)NC(C)=O)[C@@H](C)O)C(C)C)C(C)C)C(=O)C(F)(F)F. The number of nitrogens with zero attached hydrogens (tertiary/aromatic N) is 2. The first-order valence-corrected chi connectivity index (χ1v) is 21.0. The average Bonchev–Trinajstić information content (AvgIpc) is 3.70. The summed E-state index contributed by atoms with van der Waals surface area (Å²) in [6, 6.07) is -12.0. The highest BCUT2D eigenvalue weighted by atomic mass is 19.4. The third kappa shape index (κ3) is 19.0. The van der Waals surface area contributed by atoms with Gasteiger partial charge in [-0.15, -0.1) is 0 Å². The molecular formula is C39H60F3N9O16. The Kier molecular flexibility index (Phi) is 23.1. The van der Waals surface area contributed by atoms with Gasteiger partial charge in [-0.3, -0.25) is 63.0 Å². The molecule has 8 atom stereocenters. The Hall–Kier alpha value is -6.61. The van der Waals surface area contributed by atoms with Gasteiger partial charge < -0.3 is 57.2 Å². The number of carboxylic acid groups (broad SMARTS) is 3. The maximum absolute atomic E-state index is 13.9. The molecule has 0 spiro atoms. The summed E-state index contributed by atoms with van der Waals surface area (Å²) in [4.78, 5) is 154. The number of hydrogen-bond donors (Lipinski definition) is 11. The number of aliphatic hydroxyl groups is 1. The third-order valence-electron chi connectivity index (χ3n) is 9.92. The Bertz CT molecular complexity index is 1850. The van der Waals surface area contributed by atoms with Crippen LogP contribution in [0.5, 0.6) is 0 Å². The minimum Gasteiger partial charge on any atom is -0.481 e. The lowest BCUT2D eigenvalue weighted by Gasteiger charge is -2.33. The van der Waals surface area contributed by atoms with Crippen LogP contribution >= 0.6 is 0 Å². The van der Waals surface area contributed by atoms with Crippen LogP contribution in [0.25, 0.3) is 0 Å². The lowest BCUT2D eigenvalue weighted by molar-refractivity contribution is -0.189. The largest absolute Gasteiger partial charge is 0.481 e. The fraction of sp³-hybridized carbons (Fsp3) is 0.692. The Morgan fingerprint density at radius 2 is 1.12 bits per heavy atom. The molecule has 378 valence electrons. The van der Waals surface area contributed by atoms with E-state index in [4.69, 9.17) is 5.11 Å².